The molecule has 0 aliphatic heterocycles. The fourth-order valence-corrected chi connectivity index (χ4v) is 1.43. The first-order valence-electron chi connectivity index (χ1n) is 6.18. The van der Waals surface area contributed by atoms with E-state index in [1.165, 1.54) is 0 Å². The second kappa shape index (κ2) is 7.66. The molecule has 0 unspecified atom stereocenters. The number of carbonyl (C=O) groups is 1. The highest BCUT2D eigenvalue weighted by Crippen LogP contribution is 2.15. The van der Waals surface area contributed by atoms with Crippen LogP contribution in [0.5, 0.6) is 5.75 Å². The zero-order valence-electron chi connectivity index (χ0n) is 10.6. The van der Waals surface area contributed by atoms with Crippen LogP contribution in [0, 0.1) is 0 Å². The molecule has 0 saturated heterocycles. The zero-order valence-corrected chi connectivity index (χ0v) is 10.6. The molecule has 0 spiro atoms. The first-order valence-corrected chi connectivity index (χ1v) is 6.18. The summed E-state index contributed by atoms with van der Waals surface area (Å²) in [5.41, 5.74) is 1.85. The summed E-state index contributed by atoms with van der Waals surface area (Å²) in [6.45, 7) is 4.88. The Morgan fingerprint density at radius 2 is 1.94 bits per heavy atom. The highest BCUT2D eigenvalue weighted by atomic mass is 16.5. The quantitative estimate of drug-likeness (QED) is 0.405. The minimum Gasteiger partial charge on any atom is -0.494 e. The summed E-state index contributed by atoms with van der Waals surface area (Å²) < 4.78 is 5.57. The maximum Gasteiger partial charge on any atom is 0.146 e. The summed E-state index contributed by atoms with van der Waals surface area (Å²) in [4.78, 5) is 10.7. The van der Waals surface area contributed by atoms with Crippen LogP contribution in [0.3, 0.4) is 0 Å². The van der Waals surface area contributed by atoms with E-state index in [0.29, 0.717) is 0 Å². The van der Waals surface area contributed by atoms with Crippen molar-refractivity contribution in [2.24, 2.45) is 0 Å². The predicted octanol–water partition coefficient (Wildman–Crippen LogP) is 3.86. The number of carbonyl (C=O) groups excluding carboxylic acids is 1. The van der Waals surface area contributed by atoms with Gasteiger partial charge in [-0.15, -0.1) is 0 Å². The molecule has 0 radical (unpaired) electrons. The lowest BCUT2D eigenvalue weighted by Gasteiger charge is -2.05. The Labute approximate surface area is 103 Å². The summed E-state index contributed by atoms with van der Waals surface area (Å²) >= 11 is 0. The Balaban J connectivity index is 2.61. The monoisotopic (exact) mass is 232 g/mol. The van der Waals surface area contributed by atoms with Crippen molar-refractivity contribution in [3.05, 3.63) is 35.4 Å². The highest BCUT2D eigenvalue weighted by Gasteiger charge is 1.95. The summed E-state index contributed by atoms with van der Waals surface area (Å²) in [5.74, 6) is 0.889. The Morgan fingerprint density at radius 3 is 2.47 bits per heavy atom. The lowest BCUT2D eigenvalue weighted by atomic mass is 10.1. The molecule has 1 rings (SSSR count). The van der Waals surface area contributed by atoms with Crippen molar-refractivity contribution in [1.29, 1.82) is 0 Å². The summed E-state index contributed by atoms with van der Waals surface area (Å²) in [6.07, 6.45) is 5.79. The van der Waals surface area contributed by atoms with Crippen LogP contribution < -0.4 is 4.74 Å². The predicted molar refractivity (Wildman–Crippen MR) is 71.2 cm³/mol. The third kappa shape index (κ3) is 4.85. The van der Waals surface area contributed by atoms with Crippen molar-refractivity contribution in [3.63, 3.8) is 0 Å². The first-order chi connectivity index (χ1) is 8.30. The third-order valence-corrected chi connectivity index (χ3v) is 2.56. The molecule has 0 heterocycles. The second-order valence-corrected chi connectivity index (χ2v) is 3.96. The molecule has 0 N–H and O–H groups in total. The molecular weight excluding hydrogens is 212 g/mol. The van der Waals surface area contributed by atoms with E-state index in [9.17, 15) is 4.79 Å². The lowest BCUT2D eigenvalue weighted by Crippen LogP contribution is -1.95. The van der Waals surface area contributed by atoms with E-state index in [1.54, 1.807) is 0 Å². The van der Waals surface area contributed by atoms with E-state index >= 15 is 0 Å². The molecule has 1 aromatic carbocycles. The Kier molecular flexibility index (Phi) is 6.08. The van der Waals surface area contributed by atoms with Gasteiger partial charge in [-0.25, -0.2) is 0 Å². The topological polar surface area (TPSA) is 26.3 Å². The molecule has 0 aliphatic rings. The second-order valence-electron chi connectivity index (χ2n) is 3.96. The standard InChI is InChI=1S/C15H20O2/c1-3-5-10-17-15-8-6-14(7-9-15)11-13(4-2)12-16/h6-9,11-12H,3-5,10H2,1-2H3. The van der Waals surface area contributed by atoms with Crippen LogP contribution in [0.1, 0.15) is 38.7 Å². The van der Waals surface area contributed by atoms with Gasteiger partial charge >= 0.3 is 0 Å². The van der Waals surface area contributed by atoms with Crippen LogP contribution in [-0.4, -0.2) is 12.9 Å². The molecule has 2 nitrogen and oxygen atoms in total. The number of ether oxygens (including phenoxy) is 1. The van der Waals surface area contributed by atoms with Crippen molar-refractivity contribution < 1.29 is 9.53 Å². The van der Waals surface area contributed by atoms with Crippen molar-refractivity contribution in [2.75, 3.05) is 6.61 Å². The van der Waals surface area contributed by atoms with Gasteiger partial charge in [0, 0.05) is 0 Å². The molecule has 0 fully saturated rings. The van der Waals surface area contributed by atoms with Crippen LogP contribution in [-0.2, 0) is 4.79 Å². The highest BCUT2D eigenvalue weighted by molar-refractivity contribution is 5.81. The van der Waals surface area contributed by atoms with Crippen LogP contribution in [0.4, 0.5) is 0 Å². The largest absolute Gasteiger partial charge is 0.494 e. The summed E-state index contributed by atoms with van der Waals surface area (Å²) in [6, 6.07) is 7.83. The van der Waals surface area contributed by atoms with Crippen LogP contribution in [0.25, 0.3) is 6.08 Å². The molecular formula is C15H20O2. The van der Waals surface area contributed by atoms with Gasteiger partial charge in [-0.2, -0.15) is 0 Å². The molecule has 92 valence electrons. The molecule has 1 aromatic rings. The lowest BCUT2D eigenvalue weighted by molar-refractivity contribution is -0.104. The van der Waals surface area contributed by atoms with Crippen molar-refractivity contribution >= 4 is 12.4 Å². The van der Waals surface area contributed by atoms with Gasteiger partial charge in [-0.3, -0.25) is 4.79 Å². The molecule has 0 saturated carbocycles. The van der Waals surface area contributed by atoms with Crippen LogP contribution in [0.15, 0.2) is 29.8 Å². The number of benzene rings is 1. The summed E-state index contributed by atoms with van der Waals surface area (Å²) in [7, 11) is 0. The molecule has 0 aliphatic carbocycles. The number of unbranched alkanes of at least 4 members (excludes halogenated alkanes) is 1. The number of rotatable bonds is 7. The number of allylic oxidation sites excluding steroid dienone is 1. The van der Waals surface area contributed by atoms with Gasteiger partial charge in [0.25, 0.3) is 0 Å². The maximum absolute atomic E-state index is 10.7. The zero-order chi connectivity index (χ0) is 12.5. The normalized spacial score (nSPS) is 11.3. The van der Waals surface area contributed by atoms with E-state index in [2.05, 4.69) is 6.92 Å². The minimum atomic E-state index is 0.762. The third-order valence-electron chi connectivity index (χ3n) is 2.56. The molecule has 17 heavy (non-hydrogen) atoms. The van der Waals surface area contributed by atoms with E-state index in [-0.39, 0.29) is 0 Å². The SMILES string of the molecule is CCCCOc1ccc(C=C(C=O)CC)cc1. The van der Waals surface area contributed by atoms with Gasteiger partial charge in [-0.1, -0.05) is 32.4 Å². The molecule has 0 aromatic heterocycles. The Hall–Kier alpha value is -1.57. The summed E-state index contributed by atoms with van der Waals surface area (Å²) in [5, 5.41) is 0. The molecule has 0 amide bonds. The maximum atomic E-state index is 10.7. The van der Waals surface area contributed by atoms with Crippen molar-refractivity contribution in [2.45, 2.75) is 33.1 Å². The van der Waals surface area contributed by atoms with Crippen LogP contribution in [0.2, 0.25) is 0 Å². The Morgan fingerprint density at radius 1 is 1.24 bits per heavy atom. The van der Waals surface area contributed by atoms with E-state index < -0.39 is 0 Å². The minimum absolute atomic E-state index is 0.762. The molecule has 2 heteroatoms. The number of aldehydes is 1. The smallest absolute Gasteiger partial charge is 0.146 e. The Bertz CT molecular complexity index is 363. The van der Waals surface area contributed by atoms with E-state index in [0.717, 1.165) is 49.0 Å². The fraction of sp³-hybridized carbons (Fsp3) is 0.400. The van der Waals surface area contributed by atoms with Gasteiger partial charge in [0.05, 0.1) is 6.61 Å². The molecule has 0 bridgehead atoms. The number of hydrogen-bond acceptors (Lipinski definition) is 2. The van der Waals surface area contributed by atoms with Gasteiger partial charge in [0.15, 0.2) is 0 Å². The van der Waals surface area contributed by atoms with Crippen molar-refractivity contribution in [3.8, 4) is 5.75 Å². The van der Waals surface area contributed by atoms with Gasteiger partial charge in [0.2, 0.25) is 0 Å². The average molecular weight is 232 g/mol. The van der Waals surface area contributed by atoms with Gasteiger partial charge < -0.3 is 4.74 Å². The van der Waals surface area contributed by atoms with Crippen molar-refractivity contribution in [1.82, 2.24) is 0 Å². The first kappa shape index (κ1) is 13.5. The van der Waals surface area contributed by atoms with Gasteiger partial charge in [-0.05, 0) is 42.2 Å². The van der Waals surface area contributed by atoms with Crippen LogP contribution >= 0.6 is 0 Å². The van der Waals surface area contributed by atoms with Gasteiger partial charge in [0.1, 0.15) is 12.0 Å². The van der Waals surface area contributed by atoms with E-state index in [4.69, 9.17) is 4.74 Å². The number of hydrogen-bond donors (Lipinski definition) is 0. The average Bonchev–Trinajstić information content (AvgIpc) is 2.38. The molecule has 0 atom stereocenters. The van der Waals surface area contributed by atoms with E-state index in [1.807, 2.05) is 37.3 Å². The fourth-order valence-electron chi connectivity index (χ4n) is 1.43.